The molecule has 0 saturated heterocycles. The molecule has 0 radical (unpaired) electrons. The molecule has 1 atom stereocenters. The molecule has 0 amide bonds. The Morgan fingerprint density at radius 3 is 1.42 bits per heavy atom. The summed E-state index contributed by atoms with van der Waals surface area (Å²) in [6, 6.07) is 0. The third kappa shape index (κ3) is 3.75. The topological polar surface area (TPSA) is 26.3 Å². The summed E-state index contributed by atoms with van der Waals surface area (Å²) < 4.78 is 145. The number of halogens is 11. The average molecular weight is 410 g/mol. The van der Waals surface area contributed by atoms with E-state index in [0.717, 1.165) is 6.92 Å². The second-order valence-corrected chi connectivity index (χ2v) is 5.68. The van der Waals surface area contributed by atoms with Crippen LogP contribution in [0.25, 0.3) is 0 Å². The third-order valence-electron chi connectivity index (χ3n) is 3.55. The van der Waals surface area contributed by atoms with Gasteiger partial charge in [-0.05, 0) is 5.92 Å². The number of ether oxygens (including phenoxy) is 1. The van der Waals surface area contributed by atoms with Gasteiger partial charge in [0.05, 0.1) is 5.92 Å². The molecule has 0 heterocycles. The standard InChI is InChI=1S/C13H13F11O2/c1-5(2)6(3)8(25)26-7(4)9(14,15)11(17,18)10(16,12(19,20)21)13(22,23)24/h5-6H,4H2,1-3H3. The molecule has 0 rings (SSSR count). The second kappa shape index (κ2) is 6.87. The van der Waals surface area contributed by atoms with E-state index in [1.165, 1.54) is 13.8 Å². The maximum atomic E-state index is 13.6. The van der Waals surface area contributed by atoms with E-state index in [1.807, 2.05) is 0 Å². The monoisotopic (exact) mass is 410 g/mol. The van der Waals surface area contributed by atoms with Gasteiger partial charge in [0.25, 0.3) is 0 Å². The van der Waals surface area contributed by atoms with Crippen molar-refractivity contribution >= 4 is 5.97 Å². The zero-order chi connectivity index (χ0) is 21.5. The summed E-state index contributed by atoms with van der Waals surface area (Å²) in [5, 5.41) is 0. The summed E-state index contributed by atoms with van der Waals surface area (Å²) >= 11 is 0. The van der Waals surface area contributed by atoms with Crippen molar-refractivity contribution < 1.29 is 57.8 Å². The molecule has 0 aliphatic heterocycles. The van der Waals surface area contributed by atoms with Crippen molar-refractivity contribution in [1.82, 2.24) is 0 Å². The van der Waals surface area contributed by atoms with E-state index in [0.29, 0.717) is 0 Å². The molecule has 0 bridgehead atoms. The summed E-state index contributed by atoms with van der Waals surface area (Å²) in [4.78, 5) is 11.4. The van der Waals surface area contributed by atoms with Crippen LogP contribution in [0.5, 0.6) is 0 Å². The summed E-state index contributed by atoms with van der Waals surface area (Å²) in [5.41, 5.74) is -7.63. The van der Waals surface area contributed by atoms with Crippen LogP contribution in [0.1, 0.15) is 20.8 Å². The highest BCUT2D eigenvalue weighted by Gasteiger charge is 2.90. The molecule has 2 nitrogen and oxygen atoms in total. The first kappa shape index (κ1) is 24.4. The van der Waals surface area contributed by atoms with Gasteiger partial charge in [-0.2, -0.15) is 43.9 Å². The van der Waals surface area contributed by atoms with Crippen LogP contribution in [0.2, 0.25) is 0 Å². The first-order valence-electron chi connectivity index (χ1n) is 6.65. The third-order valence-corrected chi connectivity index (χ3v) is 3.55. The Morgan fingerprint density at radius 2 is 1.15 bits per heavy atom. The van der Waals surface area contributed by atoms with Gasteiger partial charge in [0.15, 0.2) is 5.76 Å². The van der Waals surface area contributed by atoms with Crippen molar-refractivity contribution in [2.45, 2.75) is 50.6 Å². The number of alkyl halides is 11. The number of carbonyl (C=O) groups excluding carboxylic acids is 1. The molecule has 0 aromatic carbocycles. The van der Waals surface area contributed by atoms with Crippen molar-refractivity contribution in [3.8, 4) is 0 Å². The molecule has 0 aromatic heterocycles. The lowest BCUT2D eigenvalue weighted by atomic mass is 9.90. The van der Waals surface area contributed by atoms with Gasteiger partial charge >= 0.3 is 35.8 Å². The number of esters is 1. The predicted octanol–water partition coefficient (Wildman–Crippen LogP) is 5.44. The first-order valence-corrected chi connectivity index (χ1v) is 6.65. The van der Waals surface area contributed by atoms with E-state index in [2.05, 4.69) is 11.3 Å². The van der Waals surface area contributed by atoms with Crippen LogP contribution in [-0.4, -0.2) is 35.8 Å². The molecular formula is C13H13F11O2. The minimum atomic E-state index is -7.63. The minimum absolute atomic E-state index is 0.616. The van der Waals surface area contributed by atoms with Crippen molar-refractivity contribution in [3.63, 3.8) is 0 Å². The van der Waals surface area contributed by atoms with Crippen molar-refractivity contribution in [3.05, 3.63) is 12.3 Å². The molecule has 0 aliphatic carbocycles. The van der Waals surface area contributed by atoms with Crippen LogP contribution in [0.3, 0.4) is 0 Å². The summed E-state index contributed by atoms with van der Waals surface area (Å²) in [5.74, 6) is -20.3. The summed E-state index contributed by atoms with van der Waals surface area (Å²) in [7, 11) is 0. The Hall–Kier alpha value is -1.56. The average Bonchev–Trinajstić information content (AvgIpc) is 2.42. The van der Waals surface area contributed by atoms with E-state index < -0.39 is 53.4 Å². The zero-order valence-corrected chi connectivity index (χ0v) is 13.3. The Kier molecular flexibility index (Phi) is 6.46. The fraction of sp³-hybridized carbons (Fsp3) is 0.769. The molecule has 26 heavy (non-hydrogen) atoms. The molecule has 154 valence electrons. The number of allylic oxidation sites excluding steroid dienone is 1. The first-order chi connectivity index (χ1) is 11.2. The van der Waals surface area contributed by atoms with Gasteiger partial charge in [-0.1, -0.05) is 27.4 Å². The number of rotatable bonds is 6. The smallest absolute Gasteiger partial charge is 0.425 e. The lowest BCUT2D eigenvalue weighted by Gasteiger charge is -2.39. The minimum Gasteiger partial charge on any atom is -0.425 e. The fourth-order valence-electron chi connectivity index (χ4n) is 1.46. The number of carbonyl (C=O) groups is 1. The van der Waals surface area contributed by atoms with Gasteiger partial charge in [-0.15, -0.1) is 0 Å². The van der Waals surface area contributed by atoms with Crippen molar-refractivity contribution in [2.24, 2.45) is 11.8 Å². The zero-order valence-electron chi connectivity index (χ0n) is 13.3. The Balaban J connectivity index is 6.08. The lowest BCUT2D eigenvalue weighted by molar-refractivity contribution is -0.423. The Bertz CT molecular complexity index is 531. The van der Waals surface area contributed by atoms with Gasteiger partial charge in [0.1, 0.15) is 0 Å². The molecule has 13 heteroatoms. The van der Waals surface area contributed by atoms with Crippen LogP contribution in [-0.2, 0) is 9.53 Å². The Morgan fingerprint density at radius 1 is 0.808 bits per heavy atom. The van der Waals surface area contributed by atoms with Gasteiger partial charge in [-0.25, -0.2) is 4.39 Å². The van der Waals surface area contributed by atoms with Gasteiger partial charge in [0, 0.05) is 0 Å². The number of hydrogen-bond acceptors (Lipinski definition) is 2. The molecule has 0 N–H and O–H groups in total. The van der Waals surface area contributed by atoms with E-state index in [4.69, 9.17) is 0 Å². The number of hydrogen-bond donors (Lipinski definition) is 0. The SMILES string of the molecule is C=C(OC(=O)C(C)C(C)C)C(F)(F)C(F)(F)C(F)(C(F)(F)F)C(F)(F)F. The van der Waals surface area contributed by atoms with Crippen LogP contribution < -0.4 is 0 Å². The van der Waals surface area contributed by atoms with E-state index in [-0.39, 0.29) is 0 Å². The maximum absolute atomic E-state index is 13.6. The van der Waals surface area contributed by atoms with E-state index in [9.17, 15) is 53.1 Å². The molecule has 1 unspecified atom stereocenters. The highest BCUT2D eigenvalue weighted by molar-refractivity contribution is 5.73. The Labute approximate surface area is 140 Å². The fourth-order valence-corrected chi connectivity index (χ4v) is 1.46. The molecule has 0 aliphatic rings. The van der Waals surface area contributed by atoms with Gasteiger partial charge < -0.3 is 4.74 Å². The van der Waals surface area contributed by atoms with Crippen molar-refractivity contribution in [1.29, 1.82) is 0 Å². The molecular weight excluding hydrogens is 397 g/mol. The second-order valence-electron chi connectivity index (χ2n) is 5.68. The molecule has 0 aromatic rings. The maximum Gasteiger partial charge on any atom is 0.438 e. The molecule has 0 spiro atoms. The lowest BCUT2D eigenvalue weighted by Crippen LogP contribution is -2.70. The quantitative estimate of drug-likeness (QED) is 0.331. The normalized spacial score (nSPS) is 15.8. The summed E-state index contributed by atoms with van der Waals surface area (Å²) in [6.07, 6.45) is -14.9. The predicted molar refractivity (Wildman–Crippen MR) is 65.1 cm³/mol. The largest absolute Gasteiger partial charge is 0.438 e. The van der Waals surface area contributed by atoms with E-state index in [1.54, 1.807) is 0 Å². The van der Waals surface area contributed by atoms with Crippen molar-refractivity contribution in [2.75, 3.05) is 0 Å². The van der Waals surface area contributed by atoms with Gasteiger partial charge in [-0.3, -0.25) is 4.79 Å². The highest BCUT2D eigenvalue weighted by atomic mass is 19.4. The van der Waals surface area contributed by atoms with E-state index >= 15 is 0 Å². The summed E-state index contributed by atoms with van der Waals surface area (Å²) in [6.45, 7) is 5.83. The van der Waals surface area contributed by atoms with Crippen LogP contribution >= 0.6 is 0 Å². The van der Waals surface area contributed by atoms with Crippen LogP contribution in [0, 0.1) is 11.8 Å². The molecule has 0 fully saturated rings. The van der Waals surface area contributed by atoms with Crippen LogP contribution in [0.4, 0.5) is 48.3 Å². The molecule has 0 saturated carbocycles. The highest BCUT2D eigenvalue weighted by Crippen LogP contribution is 2.60. The van der Waals surface area contributed by atoms with Gasteiger partial charge in [0.2, 0.25) is 0 Å². The van der Waals surface area contributed by atoms with Crippen LogP contribution in [0.15, 0.2) is 12.3 Å².